The summed E-state index contributed by atoms with van der Waals surface area (Å²) in [4.78, 5) is 14.0. The molecule has 1 aliphatic rings. The molecule has 0 spiro atoms. The van der Waals surface area contributed by atoms with Crippen molar-refractivity contribution in [2.24, 2.45) is 5.92 Å². The van der Waals surface area contributed by atoms with E-state index in [0.29, 0.717) is 11.7 Å². The van der Waals surface area contributed by atoms with E-state index in [9.17, 15) is 10.1 Å². The van der Waals surface area contributed by atoms with Gasteiger partial charge in [-0.3, -0.25) is 10.1 Å². The molecule has 1 unspecified atom stereocenters. The van der Waals surface area contributed by atoms with E-state index < -0.39 is 4.92 Å². The first kappa shape index (κ1) is 12.6. The number of pyridine rings is 1. The molecule has 1 fully saturated rings. The van der Waals surface area contributed by atoms with Crippen molar-refractivity contribution in [3.63, 3.8) is 0 Å². The van der Waals surface area contributed by atoms with Crippen LogP contribution in [-0.4, -0.2) is 29.7 Å². The normalized spacial score (nSPS) is 19.4. The van der Waals surface area contributed by atoms with Crippen LogP contribution in [0.25, 0.3) is 0 Å². The average Bonchev–Trinajstić information content (AvgIpc) is 2.37. The van der Waals surface area contributed by atoms with Crippen molar-refractivity contribution in [1.82, 2.24) is 4.98 Å². The first-order valence-electron chi connectivity index (χ1n) is 5.89. The molecule has 0 saturated carbocycles. The number of nitrogens with one attached hydrogen (secondary N) is 1. The zero-order valence-corrected chi connectivity index (χ0v) is 9.96. The lowest BCUT2D eigenvalue weighted by atomic mass is 10.0. The lowest BCUT2D eigenvalue weighted by Crippen LogP contribution is -2.24. The van der Waals surface area contributed by atoms with Crippen molar-refractivity contribution in [1.29, 1.82) is 0 Å². The van der Waals surface area contributed by atoms with Gasteiger partial charge in [0.1, 0.15) is 5.82 Å². The van der Waals surface area contributed by atoms with E-state index in [1.54, 1.807) is 6.07 Å². The number of nitrogens with two attached hydrogens (primary N) is 1. The van der Waals surface area contributed by atoms with Gasteiger partial charge in [-0.15, -0.1) is 0 Å². The van der Waals surface area contributed by atoms with Gasteiger partial charge in [-0.25, -0.2) is 4.98 Å². The van der Waals surface area contributed by atoms with E-state index >= 15 is 0 Å². The number of hydrogen-bond donors (Lipinski definition) is 2. The second-order valence-electron chi connectivity index (χ2n) is 4.32. The summed E-state index contributed by atoms with van der Waals surface area (Å²) in [5.41, 5.74) is 5.35. The van der Waals surface area contributed by atoms with Crippen LogP contribution in [0.1, 0.15) is 12.8 Å². The Bertz CT molecular complexity index is 432. The fourth-order valence-electron chi connectivity index (χ4n) is 1.94. The lowest BCUT2D eigenvalue weighted by Gasteiger charge is -2.22. The highest BCUT2D eigenvalue weighted by Crippen LogP contribution is 2.21. The van der Waals surface area contributed by atoms with Gasteiger partial charge < -0.3 is 15.8 Å². The van der Waals surface area contributed by atoms with Crippen LogP contribution in [0, 0.1) is 16.0 Å². The zero-order chi connectivity index (χ0) is 13.0. The molecule has 2 rings (SSSR count). The molecular formula is C11H16N4O3. The molecule has 98 valence electrons. The predicted octanol–water partition coefficient (Wildman–Crippen LogP) is 1.41. The fraction of sp³-hybridized carbons (Fsp3) is 0.545. The van der Waals surface area contributed by atoms with Gasteiger partial charge in [-0.1, -0.05) is 0 Å². The predicted molar refractivity (Wildman–Crippen MR) is 67.3 cm³/mol. The van der Waals surface area contributed by atoms with E-state index in [-0.39, 0.29) is 11.5 Å². The maximum atomic E-state index is 10.6. The number of ether oxygens (including phenoxy) is 1. The van der Waals surface area contributed by atoms with Crippen molar-refractivity contribution >= 4 is 17.3 Å². The molecule has 1 atom stereocenters. The summed E-state index contributed by atoms with van der Waals surface area (Å²) in [6.07, 6.45) is 2.19. The monoisotopic (exact) mass is 252 g/mol. The molecule has 0 bridgehead atoms. The van der Waals surface area contributed by atoms with Crippen LogP contribution in [-0.2, 0) is 4.74 Å². The van der Waals surface area contributed by atoms with Crippen LogP contribution < -0.4 is 11.1 Å². The van der Waals surface area contributed by atoms with Crippen LogP contribution in [0.15, 0.2) is 12.1 Å². The first-order valence-corrected chi connectivity index (χ1v) is 5.89. The summed E-state index contributed by atoms with van der Waals surface area (Å²) in [5.74, 6) is 0.950. The third-order valence-corrected chi connectivity index (χ3v) is 2.93. The molecule has 0 amide bonds. The Balaban J connectivity index is 1.93. The highest BCUT2D eigenvalue weighted by atomic mass is 16.6. The Morgan fingerprint density at radius 2 is 2.44 bits per heavy atom. The highest BCUT2D eigenvalue weighted by Gasteiger charge is 2.15. The summed E-state index contributed by atoms with van der Waals surface area (Å²) in [5, 5.41) is 13.7. The average molecular weight is 252 g/mol. The van der Waals surface area contributed by atoms with Crippen LogP contribution in [0.2, 0.25) is 0 Å². The Morgan fingerprint density at radius 3 is 3.06 bits per heavy atom. The van der Waals surface area contributed by atoms with Gasteiger partial charge in [0, 0.05) is 19.2 Å². The van der Waals surface area contributed by atoms with E-state index in [1.165, 1.54) is 6.07 Å². The number of aromatic nitrogens is 1. The van der Waals surface area contributed by atoms with Crippen LogP contribution >= 0.6 is 0 Å². The summed E-state index contributed by atoms with van der Waals surface area (Å²) in [6, 6.07) is 2.93. The Labute approximate surface area is 104 Å². The Hall–Kier alpha value is -1.89. The van der Waals surface area contributed by atoms with Crippen LogP contribution in [0.4, 0.5) is 17.3 Å². The molecule has 0 radical (unpaired) electrons. The van der Waals surface area contributed by atoms with Gasteiger partial charge in [0.05, 0.1) is 11.5 Å². The van der Waals surface area contributed by atoms with Crippen LogP contribution in [0.3, 0.4) is 0 Å². The van der Waals surface area contributed by atoms with Gasteiger partial charge in [0.2, 0.25) is 5.82 Å². The summed E-state index contributed by atoms with van der Waals surface area (Å²) in [6.45, 7) is 2.32. The van der Waals surface area contributed by atoms with E-state index in [0.717, 1.165) is 32.6 Å². The topological polar surface area (TPSA) is 103 Å². The third-order valence-electron chi connectivity index (χ3n) is 2.93. The Kier molecular flexibility index (Phi) is 3.93. The smallest absolute Gasteiger partial charge is 0.311 e. The number of nitrogens with zero attached hydrogens (tertiary/aromatic N) is 2. The number of nitro groups is 1. The second kappa shape index (κ2) is 5.63. The van der Waals surface area contributed by atoms with Crippen molar-refractivity contribution in [2.75, 3.05) is 30.8 Å². The standard InChI is InChI=1S/C11H16N4O3/c12-11-9(15(16)17)3-4-10(14-11)13-6-8-2-1-5-18-7-8/h3-4,8H,1-2,5-7H2,(H3,12,13,14). The minimum absolute atomic E-state index is 0.0649. The number of nitrogen functional groups attached to an aromatic ring is 1. The van der Waals surface area contributed by atoms with E-state index in [4.69, 9.17) is 10.5 Å². The molecule has 0 aromatic carbocycles. The summed E-state index contributed by atoms with van der Waals surface area (Å²) >= 11 is 0. The van der Waals surface area contributed by atoms with E-state index in [2.05, 4.69) is 10.3 Å². The highest BCUT2D eigenvalue weighted by molar-refractivity contribution is 5.57. The molecule has 18 heavy (non-hydrogen) atoms. The first-order chi connectivity index (χ1) is 8.66. The minimum Gasteiger partial charge on any atom is -0.381 e. The SMILES string of the molecule is Nc1nc(NCC2CCCOC2)ccc1[N+](=O)[O-]. The quantitative estimate of drug-likeness (QED) is 0.620. The van der Waals surface area contributed by atoms with Crippen molar-refractivity contribution in [2.45, 2.75) is 12.8 Å². The zero-order valence-electron chi connectivity index (χ0n) is 9.96. The third kappa shape index (κ3) is 3.07. The maximum absolute atomic E-state index is 10.6. The fourth-order valence-corrected chi connectivity index (χ4v) is 1.94. The van der Waals surface area contributed by atoms with Gasteiger partial charge >= 0.3 is 5.69 Å². The summed E-state index contributed by atoms with van der Waals surface area (Å²) in [7, 11) is 0. The van der Waals surface area contributed by atoms with Crippen molar-refractivity contribution in [3.8, 4) is 0 Å². The minimum atomic E-state index is -0.541. The van der Waals surface area contributed by atoms with Crippen LogP contribution in [0.5, 0.6) is 0 Å². The number of anilines is 2. The molecule has 1 aromatic rings. The molecule has 7 nitrogen and oxygen atoms in total. The van der Waals surface area contributed by atoms with Gasteiger partial charge in [-0.05, 0) is 24.8 Å². The Morgan fingerprint density at radius 1 is 1.61 bits per heavy atom. The van der Waals surface area contributed by atoms with Gasteiger partial charge in [-0.2, -0.15) is 0 Å². The molecule has 7 heteroatoms. The van der Waals surface area contributed by atoms with Crippen molar-refractivity contribution in [3.05, 3.63) is 22.2 Å². The van der Waals surface area contributed by atoms with E-state index in [1.807, 2.05) is 0 Å². The lowest BCUT2D eigenvalue weighted by molar-refractivity contribution is -0.384. The van der Waals surface area contributed by atoms with Gasteiger partial charge in [0.15, 0.2) is 0 Å². The molecule has 2 heterocycles. The molecule has 1 aromatic heterocycles. The maximum Gasteiger partial charge on any atom is 0.311 e. The van der Waals surface area contributed by atoms with Gasteiger partial charge in [0.25, 0.3) is 0 Å². The molecular weight excluding hydrogens is 236 g/mol. The number of rotatable bonds is 4. The largest absolute Gasteiger partial charge is 0.381 e. The summed E-state index contributed by atoms with van der Waals surface area (Å²) < 4.78 is 5.37. The number of hydrogen-bond acceptors (Lipinski definition) is 6. The molecule has 0 aliphatic carbocycles. The molecule has 3 N–H and O–H groups in total. The molecule has 1 saturated heterocycles. The molecule has 1 aliphatic heterocycles. The second-order valence-corrected chi connectivity index (χ2v) is 4.32. The van der Waals surface area contributed by atoms with Crippen molar-refractivity contribution < 1.29 is 9.66 Å².